The molecule has 23 heavy (non-hydrogen) atoms. The van der Waals surface area contributed by atoms with E-state index >= 15 is 0 Å². The van der Waals surface area contributed by atoms with Gasteiger partial charge in [-0.2, -0.15) is 0 Å². The SMILES string of the molecule is O=C(NCc1nc2ccccc2[nH]1)C1(c2ccc(Br)cc2)CC1. The van der Waals surface area contributed by atoms with Crippen molar-refractivity contribution >= 4 is 32.9 Å². The van der Waals surface area contributed by atoms with E-state index in [2.05, 4.69) is 31.2 Å². The maximum absolute atomic E-state index is 12.6. The summed E-state index contributed by atoms with van der Waals surface area (Å²) in [7, 11) is 0. The first-order valence-electron chi connectivity index (χ1n) is 7.65. The van der Waals surface area contributed by atoms with Gasteiger partial charge < -0.3 is 10.3 Å². The van der Waals surface area contributed by atoms with E-state index in [4.69, 9.17) is 0 Å². The fraction of sp³-hybridized carbons (Fsp3) is 0.222. The fourth-order valence-electron chi connectivity index (χ4n) is 2.96. The van der Waals surface area contributed by atoms with Gasteiger partial charge in [-0.3, -0.25) is 4.79 Å². The quantitative estimate of drug-likeness (QED) is 0.736. The van der Waals surface area contributed by atoms with Crippen molar-refractivity contribution < 1.29 is 4.79 Å². The molecule has 1 heterocycles. The highest BCUT2D eigenvalue weighted by Gasteiger charge is 2.51. The van der Waals surface area contributed by atoms with Gasteiger partial charge in [-0.05, 0) is 42.7 Å². The number of benzene rings is 2. The number of para-hydroxylation sites is 2. The summed E-state index contributed by atoms with van der Waals surface area (Å²) in [6.07, 6.45) is 1.81. The molecule has 4 rings (SSSR count). The van der Waals surface area contributed by atoms with Crippen LogP contribution in [0.25, 0.3) is 11.0 Å². The van der Waals surface area contributed by atoms with E-state index in [9.17, 15) is 4.79 Å². The minimum atomic E-state index is -0.354. The van der Waals surface area contributed by atoms with Gasteiger partial charge in [-0.25, -0.2) is 4.98 Å². The molecule has 0 atom stereocenters. The van der Waals surface area contributed by atoms with E-state index < -0.39 is 0 Å². The molecule has 1 fully saturated rings. The zero-order chi connectivity index (χ0) is 15.9. The first-order chi connectivity index (χ1) is 11.2. The van der Waals surface area contributed by atoms with Crippen LogP contribution in [-0.2, 0) is 16.8 Å². The van der Waals surface area contributed by atoms with Gasteiger partial charge in [0.15, 0.2) is 0 Å². The third kappa shape index (κ3) is 2.65. The molecule has 0 radical (unpaired) electrons. The topological polar surface area (TPSA) is 57.8 Å². The van der Waals surface area contributed by atoms with Crippen molar-refractivity contribution in [3.8, 4) is 0 Å². The predicted octanol–water partition coefficient (Wildman–Crippen LogP) is 3.67. The largest absolute Gasteiger partial charge is 0.348 e. The Hall–Kier alpha value is -2.14. The molecule has 0 saturated heterocycles. The Morgan fingerprint density at radius 1 is 1.17 bits per heavy atom. The van der Waals surface area contributed by atoms with Gasteiger partial charge in [-0.1, -0.05) is 40.2 Å². The van der Waals surface area contributed by atoms with Crippen molar-refractivity contribution in [2.24, 2.45) is 0 Å². The van der Waals surface area contributed by atoms with Crippen LogP contribution in [0.2, 0.25) is 0 Å². The molecular formula is C18H16BrN3O. The van der Waals surface area contributed by atoms with Gasteiger partial charge in [0, 0.05) is 4.47 Å². The summed E-state index contributed by atoms with van der Waals surface area (Å²) in [5.74, 6) is 0.867. The van der Waals surface area contributed by atoms with Crippen molar-refractivity contribution in [3.63, 3.8) is 0 Å². The van der Waals surface area contributed by atoms with Crippen molar-refractivity contribution in [1.82, 2.24) is 15.3 Å². The molecule has 4 nitrogen and oxygen atoms in total. The maximum atomic E-state index is 12.6. The Morgan fingerprint density at radius 3 is 2.61 bits per heavy atom. The van der Waals surface area contributed by atoms with E-state index in [1.807, 2.05) is 48.5 Å². The lowest BCUT2D eigenvalue weighted by molar-refractivity contribution is -0.123. The van der Waals surface area contributed by atoms with E-state index in [-0.39, 0.29) is 11.3 Å². The summed E-state index contributed by atoms with van der Waals surface area (Å²) < 4.78 is 1.03. The number of carbonyl (C=O) groups is 1. The molecule has 2 N–H and O–H groups in total. The van der Waals surface area contributed by atoms with Gasteiger partial charge >= 0.3 is 0 Å². The van der Waals surface area contributed by atoms with Crippen LogP contribution >= 0.6 is 15.9 Å². The lowest BCUT2D eigenvalue weighted by atomic mass is 9.95. The van der Waals surface area contributed by atoms with Gasteiger partial charge in [0.2, 0.25) is 5.91 Å². The second-order valence-corrected chi connectivity index (χ2v) is 6.89. The van der Waals surface area contributed by atoms with Crippen LogP contribution in [0.5, 0.6) is 0 Å². The number of aromatic nitrogens is 2. The molecular weight excluding hydrogens is 354 g/mol. The van der Waals surface area contributed by atoms with Crippen LogP contribution in [0.4, 0.5) is 0 Å². The molecule has 0 aliphatic heterocycles. The van der Waals surface area contributed by atoms with Crippen LogP contribution in [-0.4, -0.2) is 15.9 Å². The molecule has 1 amide bonds. The number of halogens is 1. The Bertz CT molecular complexity index is 832. The number of amides is 1. The predicted molar refractivity (Wildman–Crippen MR) is 93.0 cm³/mol. The number of H-pyrrole nitrogens is 1. The number of rotatable bonds is 4. The second kappa shape index (κ2) is 5.49. The average molecular weight is 370 g/mol. The molecule has 3 aromatic rings. The Morgan fingerprint density at radius 2 is 1.91 bits per heavy atom. The first kappa shape index (κ1) is 14.5. The zero-order valence-corrected chi connectivity index (χ0v) is 14.1. The summed E-state index contributed by atoms with van der Waals surface area (Å²) in [5.41, 5.74) is 2.64. The van der Waals surface area contributed by atoms with Crippen molar-refractivity contribution in [3.05, 3.63) is 64.4 Å². The van der Waals surface area contributed by atoms with Gasteiger partial charge in [0.1, 0.15) is 5.82 Å². The minimum absolute atomic E-state index is 0.0836. The number of hydrogen-bond acceptors (Lipinski definition) is 2. The average Bonchev–Trinajstić information content (AvgIpc) is 3.27. The zero-order valence-electron chi connectivity index (χ0n) is 12.5. The molecule has 5 heteroatoms. The molecule has 0 unspecified atom stereocenters. The standard InChI is InChI=1S/C18H16BrN3O/c19-13-7-5-12(6-8-13)18(9-10-18)17(23)20-11-16-21-14-3-1-2-4-15(14)22-16/h1-8H,9-11H2,(H,20,23)(H,21,22). The van der Waals surface area contributed by atoms with Gasteiger partial charge in [0.25, 0.3) is 0 Å². The lowest BCUT2D eigenvalue weighted by Crippen LogP contribution is -2.34. The summed E-state index contributed by atoms with van der Waals surface area (Å²) in [5, 5.41) is 3.03. The highest BCUT2D eigenvalue weighted by atomic mass is 79.9. The van der Waals surface area contributed by atoms with Crippen LogP contribution in [0, 0.1) is 0 Å². The number of nitrogens with zero attached hydrogens (tertiary/aromatic N) is 1. The molecule has 1 aromatic heterocycles. The molecule has 1 aliphatic rings. The van der Waals surface area contributed by atoms with Crippen LogP contribution in [0.1, 0.15) is 24.2 Å². The summed E-state index contributed by atoms with van der Waals surface area (Å²) in [4.78, 5) is 20.4. The van der Waals surface area contributed by atoms with E-state index in [0.29, 0.717) is 6.54 Å². The minimum Gasteiger partial charge on any atom is -0.348 e. The number of hydrogen-bond donors (Lipinski definition) is 2. The Balaban J connectivity index is 1.48. The summed E-state index contributed by atoms with van der Waals surface area (Å²) in [6, 6.07) is 15.9. The van der Waals surface area contributed by atoms with E-state index in [1.54, 1.807) is 0 Å². The molecule has 1 saturated carbocycles. The van der Waals surface area contributed by atoms with Crippen molar-refractivity contribution in [2.45, 2.75) is 24.8 Å². The van der Waals surface area contributed by atoms with Crippen LogP contribution in [0.15, 0.2) is 53.0 Å². The third-order valence-corrected chi connectivity index (χ3v) is 4.96. The van der Waals surface area contributed by atoms with Gasteiger partial charge in [0.05, 0.1) is 23.0 Å². The molecule has 116 valence electrons. The van der Waals surface area contributed by atoms with Crippen molar-refractivity contribution in [1.29, 1.82) is 0 Å². The number of fused-ring (bicyclic) bond motifs is 1. The van der Waals surface area contributed by atoms with Crippen molar-refractivity contribution in [2.75, 3.05) is 0 Å². The number of carbonyl (C=O) groups excluding carboxylic acids is 1. The highest BCUT2D eigenvalue weighted by Crippen LogP contribution is 2.48. The summed E-state index contributed by atoms with van der Waals surface area (Å²) in [6.45, 7) is 0.422. The molecule has 0 spiro atoms. The maximum Gasteiger partial charge on any atom is 0.231 e. The van der Waals surface area contributed by atoms with Gasteiger partial charge in [-0.15, -0.1) is 0 Å². The first-order valence-corrected chi connectivity index (χ1v) is 8.45. The second-order valence-electron chi connectivity index (χ2n) is 5.97. The number of nitrogens with one attached hydrogen (secondary N) is 2. The number of imidazole rings is 1. The smallest absolute Gasteiger partial charge is 0.231 e. The monoisotopic (exact) mass is 369 g/mol. The summed E-state index contributed by atoms with van der Waals surface area (Å²) >= 11 is 3.43. The fourth-order valence-corrected chi connectivity index (χ4v) is 3.23. The third-order valence-electron chi connectivity index (χ3n) is 4.44. The van der Waals surface area contributed by atoms with E-state index in [1.165, 1.54) is 0 Å². The Kier molecular flexibility index (Phi) is 3.45. The lowest BCUT2D eigenvalue weighted by Gasteiger charge is -2.15. The van der Waals surface area contributed by atoms with Crippen LogP contribution < -0.4 is 5.32 Å². The molecule has 1 aliphatic carbocycles. The highest BCUT2D eigenvalue weighted by molar-refractivity contribution is 9.10. The number of aromatic amines is 1. The normalized spacial score (nSPS) is 15.5. The Labute approximate surface area is 142 Å². The molecule has 2 aromatic carbocycles. The van der Waals surface area contributed by atoms with Crippen LogP contribution in [0.3, 0.4) is 0 Å². The molecule has 0 bridgehead atoms. The van der Waals surface area contributed by atoms with E-state index in [0.717, 1.165) is 39.7 Å².